The van der Waals surface area contributed by atoms with Crippen LogP contribution in [0.3, 0.4) is 0 Å². The van der Waals surface area contributed by atoms with E-state index in [1.807, 2.05) is 10.7 Å². The van der Waals surface area contributed by atoms with Crippen molar-refractivity contribution in [2.45, 2.75) is 0 Å². The highest BCUT2D eigenvalue weighted by Gasteiger charge is 2.10. The normalized spacial score (nSPS) is 10.5. The highest BCUT2D eigenvalue weighted by Crippen LogP contribution is 2.10. The first-order valence-corrected chi connectivity index (χ1v) is 4.82. The summed E-state index contributed by atoms with van der Waals surface area (Å²) in [5, 5.41) is 14.1. The van der Waals surface area contributed by atoms with Gasteiger partial charge in [0.05, 0.1) is 0 Å². The lowest BCUT2D eigenvalue weighted by molar-refractivity contribution is -0.115. The van der Waals surface area contributed by atoms with Gasteiger partial charge >= 0.3 is 6.03 Å². The Kier molecular flexibility index (Phi) is 3.60. The zero-order chi connectivity index (χ0) is 11.3. The Morgan fingerprint density at radius 2 is 2.33 bits per heavy atom. The molecule has 3 N–H and O–H groups in total. The maximum Gasteiger partial charge on any atom is 0.319 e. The second kappa shape index (κ2) is 4.93. The fourth-order valence-corrected chi connectivity index (χ4v) is 1.47. The summed E-state index contributed by atoms with van der Waals surface area (Å²) in [5.41, 5.74) is 5.33. The van der Waals surface area contributed by atoms with E-state index in [1.54, 1.807) is 17.5 Å². The van der Waals surface area contributed by atoms with Crippen LogP contribution in [-0.4, -0.2) is 11.9 Å². The van der Waals surface area contributed by atoms with Crippen molar-refractivity contribution in [1.29, 1.82) is 5.26 Å². The Bertz CT molecular complexity index is 442. The molecule has 3 amide bonds. The van der Waals surface area contributed by atoms with Crippen LogP contribution in [-0.2, 0) is 4.79 Å². The van der Waals surface area contributed by atoms with Gasteiger partial charge in [-0.1, -0.05) is 0 Å². The molecule has 76 valence electrons. The van der Waals surface area contributed by atoms with E-state index in [0.717, 1.165) is 5.56 Å². The number of thiophene rings is 1. The SMILES string of the molecule is N#C/C(=C/c1ccsc1)C(=O)NC(N)=O. The van der Waals surface area contributed by atoms with Gasteiger partial charge in [0, 0.05) is 0 Å². The summed E-state index contributed by atoms with van der Waals surface area (Å²) < 4.78 is 0. The number of amides is 3. The molecule has 0 spiro atoms. The maximum atomic E-state index is 11.2. The third-order valence-corrected chi connectivity index (χ3v) is 2.16. The van der Waals surface area contributed by atoms with E-state index in [2.05, 4.69) is 0 Å². The average molecular weight is 221 g/mol. The van der Waals surface area contributed by atoms with E-state index in [9.17, 15) is 9.59 Å². The second-order valence-corrected chi connectivity index (χ2v) is 3.32. The minimum atomic E-state index is -0.980. The third kappa shape index (κ3) is 3.25. The number of imide groups is 1. The second-order valence-electron chi connectivity index (χ2n) is 2.54. The lowest BCUT2D eigenvalue weighted by atomic mass is 10.2. The number of urea groups is 1. The monoisotopic (exact) mass is 221 g/mol. The first-order chi connectivity index (χ1) is 7.13. The molecular weight excluding hydrogens is 214 g/mol. The van der Waals surface area contributed by atoms with Gasteiger partial charge in [0.15, 0.2) is 0 Å². The third-order valence-electron chi connectivity index (χ3n) is 1.46. The van der Waals surface area contributed by atoms with Crippen molar-refractivity contribution >= 4 is 29.4 Å². The van der Waals surface area contributed by atoms with Crippen molar-refractivity contribution < 1.29 is 9.59 Å². The van der Waals surface area contributed by atoms with Crippen molar-refractivity contribution in [3.8, 4) is 6.07 Å². The average Bonchev–Trinajstić information content (AvgIpc) is 2.65. The van der Waals surface area contributed by atoms with Crippen LogP contribution in [0, 0.1) is 11.3 Å². The van der Waals surface area contributed by atoms with Crippen LogP contribution in [0.25, 0.3) is 6.08 Å². The lowest BCUT2D eigenvalue weighted by Gasteiger charge is -1.97. The maximum absolute atomic E-state index is 11.2. The van der Waals surface area contributed by atoms with Gasteiger partial charge in [-0.3, -0.25) is 10.1 Å². The van der Waals surface area contributed by atoms with E-state index in [4.69, 9.17) is 11.0 Å². The molecule has 1 heterocycles. The quantitative estimate of drug-likeness (QED) is 0.572. The summed E-state index contributed by atoms with van der Waals surface area (Å²) >= 11 is 1.44. The summed E-state index contributed by atoms with van der Waals surface area (Å²) in [6.45, 7) is 0. The Morgan fingerprint density at radius 1 is 1.60 bits per heavy atom. The Morgan fingerprint density at radius 3 is 2.80 bits per heavy atom. The van der Waals surface area contributed by atoms with Crippen molar-refractivity contribution in [3.05, 3.63) is 28.0 Å². The van der Waals surface area contributed by atoms with Crippen LogP contribution < -0.4 is 11.1 Å². The molecule has 0 atom stereocenters. The van der Waals surface area contributed by atoms with E-state index in [-0.39, 0.29) is 5.57 Å². The number of hydrogen-bond donors (Lipinski definition) is 2. The molecule has 0 aliphatic rings. The molecule has 0 aliphatic carbocycles. The zero-order valence-corrected chi connectivity index (χ0v) is 8.38. The topological polar surface area (TPSA) is 96.0 Å². The number of nitrogens with zero attached hydrogens (tertiary/aromatic N) is 1. The molecule has 1 aromatic heterocycles. The number of carbonyl (C=O) groups excluding carboxylic acids is 2. The summed E-state index contributed by atoms with van der Waals surface area (Å²) in [4.78, 5) is 21.6. The van der Waals surface area contributed by atoms with E-state index in [0.29, 0.717) is 0 Å². The minimum absolute atomic E-state index is 0.160. The van der Waals surface area contributed by atoms with Crippen LogP contribution in [0.2, 0.25) is 0 Å². The predicted molar refractivity (Wildman–Crippen MR) is 55.6 cm³/mol. The molecule has 1 rings (SSSR count). The zero-order valence-electron chi connectivity index (χ0n) is 7.56. The summed E-state index contributed by atoms with van der Waals surface area (Å²) in [6, 6.07) is 2.46. The molecular formula is C9H7N3O2S. The molecule has 0 saturated carbocycles. The number of carbonyl (C=O) groups is 2. The van der Waals surface area contributed by atoms with Crippen LogP contribution in [0.5, 0.6) is 0 Å². The van der Waals surface area contributed by atoms with Crippen molar-refractivity contribution in [3.63, 3.8) is 0 Å². The van der Waals surface area contributed by atoms with Crippen LogP contribution in [0.1, 0.15) is 5.56 Å². The highest BCUT2D eigenvalue weighted by atomic mass is 32.1. The van der Waals surface area contributed by atoms with Crippen LogP contribution >= 0.6 is 11.3 Å². The molecule has 0 bridgehead atoms. The van der Waals surface area contributed by atoms with Crippen molar-refractivity contribution in [1.82, 2.24) is 5.32 Å². The molecule has 15 heavy (non-hydrogen) atoms. The lowest BCUT2D eigenvalue weighted by Crippen LogP contribution is -2.35. The highest BCUT2D eigenvalue weighted by molar-refractivity contribution is 7.08. The first-order valence-electron chi connectivity index (χ1n) is 3.88. The Balaban J connectivity index is 2.86. The van der Waals surface area contributed by atoms with Gasteiger partial charge in [0.2, 0.25) is 0 Å². The molecule has 0 aromatic carbocycles. The fourth-order valence-electron chi connectivity index (χ4n) is 0.852. The number of primary amides is 1. The fraction of sp³-hybridized carbons (Fsp3) is 0. The molecule has 0 saturated heterocycles. The number of hydrogen-bond acceptors (Lipinski definition) is 4. The van der Waals surface area contributed by atoms with Gasteiger partial charge in [-0.2, -0.15) is 16.6 Å². The van der Waals surface area contributed by atoms with Crippen molar-refractivity contribution in [2.75, 3.05) is 0 Å². The number of nitrogens with two attached hydrogens (primary N) is 1. The summed E-state index contributed by atoms with van der Waals surface area (Å²) in [7, 11) is 0. The summed E-state index contributed by atoms with van der Waals surface area (Å²) in [5.74, 6) is -0.795. The van der Waals surface area contributed by atoms with Gasteiger partial charge in [-0.15, -0.1) is 0 Å². The Hall–Kier alpha value is -2.13. The van der Waals surface area contributed by atoms with Gasteiger partial charge in [-0.05, 0) is 28.5 Å². The molecule has 0 fully saturated rings. The largest absolute Gasteiger partial charge is 0.351 e. The van der Waals surface area contributed by atoms with Crippen molar-refractivity contribution in [2.24, 2.45) is 5.73 Å². The predicted octanol–water partition coefficient (Wildman–Crippen LogP) is 0.850. The smallest absolute Gasteiger partial charge is 0.319 e. The van der Waals surface area contributed by atoms with Crippen LogP contribution in [0.4, 0.5) is 4.79 Å². The number of nitriles is 1. The summed E-state index contributed by atoms with van der Waals surface area (Å²) in [6.07, 6.45) is 1.38. The van der Waals surface area contributed by atoms with Gasteiger partial charge < -0.3 is 5.73 Å². The Labute approximate surface area is 89.8 Å². The molecule has 6 heteroatoms. The van der Waals surface area contributed by atoms with E-state index in [1.165, 1.54) is 17.4 Å². The molecule has 5 nitrogen and oxygen atoms in total. The van der Waals surface area contributed by atoms with E-state index < -0.39 is 11.9 Å². The number of nitrogens with one attached hydrogen (secondary N) is 1. The van der Waals surface area contributed by atoms with Gasteiger partial charge in [-0.25, -0.2) is 4.79 Å². The molecule has 0 unspecified atom stereocenters. The van der Waals surface area contributed by atoms with Gasteiger partial charge in [0.25, 0.3) is 5.91 Å². The first kappa shape index (κ1) is 10.9. The molecule has 0 aliphatic heterocycles. The van der Waals surface area contributed by atoms with Crippen LogP contribution in [0.15, 0.2) is 22.4 Å². The van der Waals surface area contributed by atoms with E-state index >= 15 is 0 Å². The number of rotatable bonds is 2. The minimum Gasteiger partial charge on any atom is -0.351 e. The molecule has 0 radical (unpaired) electrons. The molecule has 1 aromatic rings. The standard InChI is InChI=1S/C9H7N3O2S/c10-4-7(8(13)12-9(11)14)3-6-1-2-15-5-6/h1-3,5H,(H3,11,12,13,14)/b7-3-. The van der Waals surface area contributed by atoms with Gasteiger partial charge in [0.1, 0.15) is 11.6 Å².